The minimum Gasteiger partial charge on any atom is -0.330 e. The normalized spacial score (nSPS) is 16.3. The van der Waals surface area contributed by atoms with Gasteiger partial charge in [0.15, 0.2) is 0 Å². The largest absolute Gasteiger partial charge is 0.330 e. The lowest BCUT2D eigenvalue weighted by Gasteiger charge is -2.40. The Labute approximate surface area is 115 Å². The molecule has 1 aliphatic carbocycles. The molecule has 1 aliphatic rings. The zero-order valence-corrected chi connectivity index (χ0v) is 10.9. The third-order valence-corrected chi connectivity index (χ3v) is 3.76. The number of rotatable bonds is 5. The Morgan fingerprint density at radius 2 is 2.15 bits per heavy atom. The Morgan fingerprint density at radius 3 is 2.65 bits per heavy atom. The zero-order valence-electron chi connectivity index (χ0n) is 10.9. The molecule has 0 aromatic heterocycles. The highest BCUT2D eigenvalue weighted by molar-refractivity contribution is 5.91. The van der Waals surface area contributed by atoms with Gasteiger partial charge in [-0.15, -0.1) is 0 Å². The van der Waals surface area contributed by atoms with Gasteiger partial charge >= 0.3 is 0 Å². The number of halogens is 1. The van der Waals surface area contributed by atoms with Crippen LogP contribution in [0.5, 0.6) is 0 Å². The van der Waals surface area contributed by atoms with Crippen molar-refractivity contribution >= 4 is 17.3 Å². The number of nitro groups is 1. The first-order chi connectivity index (χ1) is 9.44. The summed E-state index contributed by atoms with van der Waals surface area (Å²) < 4.78 is 13.2. The fourth-order valence-corrected chi connectivity index (χ4v) is 2.43. The minimum atomic E-state index is -0.758. The van der Waals surface area contributed by atoms with E-state index in [-0.39, 0.29) is 23.4 Å². The number of nitrogens with two attached hydrogens (primary N) is 1. The van der Waals surface area contributed by atoms with E-state index in [0.29, 0.717) is 6.54 Å². The number of anilines is 1. The SMILES string of the molecule is NCC1(CC(=O)Nc2cc(F)cc([N+](=O)[O-])c2)CCC1. The summed E-state index contributed by atoms with van der Waals surface area (Å²) in [6, 6.07) is 3.00. The summed E-state index contributed by atoms with van der Waals surface area (Å²) >= 11 is 0. The van der Waals surface area contributed by atoms with Gasteiger partial charge in [0, 0.05) is 12.5 Å². The highest BCUT2D eigenvalue weighted by Gasteiger charge is 2.37. The van der Waals surface area contributed by atoms with Gasteiger partial charge in [0.2, 0.25) is 5.91 Å². The predicted octanol–water partition coefficient (Wildman–Crippen LogP) is 2.19. The molecular formula is C13H16FN3O3. The van der Waals surface area contributed by atoms with Gasteiger partial charge in [0.1, 0.15) is 5.82 Å². The molecule has 1 fully saturated rings. The Bertz CT molecular complexity index is 538. The molecule has 0 bridgehead atoms. The van der Waals surface area contributed by atoms with Crippen LogP contribution in [0.4, 0.5) is 15.8 Å². The van der Waals surface area contributed by atoms with Crippen LogP contribution in [0.2, 0.25) is 0 Å². The van der Waals surface area contributed by atoms with Crippen molar-refractivity contribution in [3.05, 3.63) is 34.1 Å². The molecule has 0 atom stereocenters. The Morgan fingerprint density at radius 1 is 1.45 bits per heavy atom. The number of hydrogen-bond donors (Lipinski definition) is 2. The van der Waals surface area contributed by atoms with Crippen molar-refractivity contribution in [3.63, 3.8) is 0 Å². The zero-order chi connectivity index (χ0) is 14.8. The molecule has 1 saturated carbocycles. The summed E-state index contributed by atoms with van der Waals surface area (Å²) in [7, 11) is 0. The number of hydrogen-bond acceptors (Lipinski definition) is 4. The van der Waals surface area contributed by atoms with Gasteiger partial charge < -0.3 is 11.1 Å². The van der Waals surface area contributed by atoms with Crippen molar-refractivity contribution in [1.29, 1.82) is 0 Å². The van der Waals surface area contributed by atoms with E-state index in [4.69, 9.17) is 5.73 Å². The third kappa shape index (κ3) is 3.11. The molecule has 0 radical (unpaired) electrons. The molecule has 7 heteroatoms. The molecule has 2 rings (SSSR count). The molecule has 0 spiro atoms. The molecule has 3 N–H and O–H groups in total. The van der Waals surface area contributed by atoms with Crippen molar-refractivity contribution in [2.75, 3.05) is 11.9 Å². The summed E-state index contributed by atoms with van der Waals surface area (Å²) in [4.78, 5) is 21.8. The lowest BCUT2D eigenvalue weighted by atomic mass is 9.66. The van der Waals surface area contributed by atoms with Gasteiger partial charge in [-0.2, -0.15) is 0 Å². The second kappa shape index (κ2) is 5.54. The molecule has 0 aliphatic heterocycles. The number of nitrogens with one attached hydrogen (secondary N) is 1. The number of nitro benzene ring substituents is 1. The van der Waals surface area contributed by atoms with Crippen LogP contribution in [0.3, 0.4) is 0 Å². The smallest absolute Gasteiger partial charge is 0.274 e. The van der Waals surface area contributed by atoms with E-state index < -0.39 is 16.4 Å². The standard InChI is InChI=1S/C13H16FN3O3/c14-9-4-10(6-11(5-9)17(19)20)16-12(18)7-13(8-15)2-1-3-13/h4-6H,1-3,7-8,15H2,(H,16,18). The first kappa shape index (κ1) is 14.4. The van der Waals surface area contributed by atoms with Crippen LogP contribution < -0.4 is 11.1 Å². The number of amides is 1. The lowest BCUT2D eigenvalue weighted by molar-refractivity contribution is -0.385. The molecule has 1 aromatic rings. The number of non-ortho nitro benzene ring substituents is 1. The highest BCUT2D eigenvalue weighted by Crippen LogP contribution is 2.43. The third-order valence-electron chi connectivity index (χ3n) is 3.76. The number of carbonyl (C=O) groups excluding carboxylic acids is 1. The molecule has 0 saturated heterocycles. The van der Waals surface area contributed by atoms with E-state index in [9.17, 15) is 19.3 Å². The lowest BCUT2D eigenvalue weighted by Crippen LogP contribution is -2.40. The maximum atomic E-state index is 13.2. The van der Waals surface area contributed by atoms with E-state index >= 15 is 0 Å². The van der Waals surface area contributed by atoms with Gasteiger partial charge in [-0.05, 0) is 30.9 Å². The molecule has 1 amide bonds. The Kier molecular flexibility index (Phi) is 3.99. The van der Waals surface area contributed by atoms with Crippen molar-refractivity contribution in [2.45, 2.75) is 25.7 Å². The summed E-state index contributed by atoms with van der Waals surface area (Å²) in [5.74, 6) is -1.05. The molecule has 6 nitrogen and oxygen atoms in total. The van der Waals surface area contributed by atoms with E-state index in [1.165, 1.54) is 0 Å². The molecule has 0 unspecified atom stereocenters. The quantitative estimate of drug-likeness (QED) is 0.638. The van der Waals surface area contributed by atoms with Gasteiger partial charge in [-0.3, -0.25) is 14.9 Å². The van der Waals surface area contributed by atoms with Crippen LogP contribution in [0.1, 0.15) is 25.7 Å². The van der Waals surface area contributed by atoms with Crippen LogP contribution in [-0.4, -0.2) is 17.4 Å². The number of benzene rings is 1. The molecular weight excluding hydrogens is 265 g/mol. The first-order valence-electron chi connectivity index (χ1n) is 6.39. The summed E-state index contributed by atoms with van der Waals surface area (Å²) in [6.45, 7) is 0.434. The van der Waals surface area contributed by atoms with E-state index in [1.54, 1.807) is 0 Å². The number of nitrogens with zero attached hydrogens (tertiary/aromatic N) is 1. The fourth-order valence-electron chi connectivity index (χ4n) is 2.43. The summed E-state index contributed by atoms with van der Waals surface area (Å²) in [6.07, 6.45) is 3.12. The first-order valence-corrected chi connectivity index (χ1v) is 6.39. The van der Waals surface area contributed by atoms with Crippen molar-refractivity contribution < 1.29 is 14.1 Å². The van der Waals surface area contributed by atoms with Crippen LogP contribution in [-0.2, 0) is 4.79 Å². The van der Waals surface area contributed by atoms with Crippen LogP contribution in [0.15, 0.2) is 18.2 Å². The number of carbonyl (C=O) groups is 1. The van der Waals surface area contributed by atoms with Gasteiger partial charge in [0.05, 0.1) is 16.7 Å². The van der Waals surface area contributed by atoms with Crippen molar-refractivity contribution in [2.24, 2.45) is 11.1 Å². The summed E-state index contributed by atoms with van der Waals surface area (Å²) in [5, 5.41) is 13.1. The predicted molar refractivity (Wildman–Crippen MR) is 71.6 cm³/mol. The van der Waals surface area contributed by atoms with Crippen molar-refractivity contribution in [1.82, 2.24) is 0 Å². The van der Waals surface area contributed by atoms with E-state index in [2.05, 4.69) is 5.32 Å². The van der Waals surface area contributed by atoms with Gasteiger partial charge in [-0.1, -0.05) is 6.42 Å². The van der Waals surface area contributed by atoms with Gasteiger partial charge in [0.25, 0.3) is 5.69 Å². The molecule has 0 heterocycles. The average molecular weight is 281 g/mol. The average Bonchev–Trinajstić information content (AvgIpc) is 2.33. The van der Waals surface area contributed by atoms with Crippen molar-refractivity contribution in [3.8, 4) is 0 Å². The topological polar surface area (TPSA) is 98.3 Å². The van der Waals surface area contributed by atoms with Crippen LogP contribution >= 0.6 is 0 Å². The minimum absolute atomic E-state index is 0.0909. The second-order valence-electron chi connectivity index (χ2n) is 5.24. The van der Waals surface area contributed by atoms with E-state index in [0.717, 1.165) is 37.5 Å². The Hall–Kier alpha value is -2.02. The maximum absolute atomic E-state index is 13.2. The van der Waals surface area contributed by atoms with E-state index in [1.807, 2.05) is 0 Å². The summed E-state index contributed by atoms with van der Waals surface area (Å²) in [5.41, 5.74) is 5.21. The maximum Gasteiger partial charge on any atom is 0.274 e. The van der Waals surface area contributed by atoms with Crippen LogP contribution in [0.25, 0.3) is 0 Å². The molecule has 108 valence electrons. The monoisotopic (exact) mass is 281 g/mol. The van der Waals surface area contributed by atoms with Crippen LogP contribution in [0, 0.1) is 21.3 Å². The highest BCUT2D eigenvalue weighted by atomic mass is 19.1. The molecule has 1 aromatic carbocycles. The molecule has 20 heavy (non-hydrogen) atoms. The second-order valence-corrected chi connectivity index (χ2v) is 5.24. The van der Waals surface area contributed by atoms with Gasteiger partial charge in [-0.25, -0.2) is 4.39 Å². The Balaban J connectivity index is 2.06. The fraction of sp³-hybridized carbons (Fsp3) is 0.462.